The number of rotatable bonds is 2. The van der Waals surface area contributed by atoms with Gasteiger partial charge in [-0.3, -0.25) is 14.4 Å². The van der Waals surface area contributed by atoms with Crippen LogP contribution in [-0.2, 0) is 20.8 Å². The van der Waals surface area contributed by atoms with E-state index >= 15 is 0 Å². The van der Waals surface area contributed by atoms with E-state index in [1.807, 2.05) is 32.0 Å². The van der Waals surface area contributed by atoms with Gasteiger partial charge in [-0.25, -0.2) is 0 Å². The van der Waals surface area contributed by atoms with Gasteiger partial charge in [0.15, 0.2) is 0 Å². The summed E-state index contributed by atoms with van der Waals surface area (Å²) in [4.78, 5) is 40.5. The molecule has 1 fully saturated rings. The van der Waals surface area contributed by atoms with Gasteiger partial charge in [0, 0.05) is 47.8 Å². The molecule has 4 rings (SSSR count). The zero-order valence-electron chi connectivity index (χ0n) is 16.9. The van der Waals surface area contributed by atoms with Crippen molar-refractivity contribution in [3.05, 3.63) is 52.5 Å². The van der Waals surface area contributed by atoms with E-state index in [1.165, 1.54) is 0 Å². The molecule has 0 radical (unpaired) electrons. The van der Waals surface area contributed by atoms with Gasteiger partial charge in [-0.15, -0.1) is 0 Å². The van der Waals surface area contributed by atoms with Crippen LogP contribution in [0.4, 0.5) is 17.1 Å². The maximum absolute atomic E-state index is 12.7. The smallest absolute Gasteiger partial charge is 0.313 e. The maximum Gasteiger partial charge on any atom is 0.313 e. The minimum Gasteiger partial charge on any atom is -0.365 e. The summed E-state index contributed by atoms with van der Waals surface area (Å²) >= 11 is 6.12. The van der Waals surface area contributed by atoms with Gasteiger partial charge < -0.3 is 20.4 Å². The summed E-state index contributed by atoms with van der Waals surface area (Å²) in [6.45, 7) is 5.54. The number of anilines is 3. The first-order valence-corrected chi connectivity index (χ1v) is 10.3. The fourth-order valence-electron chi connectivity index (χ4n) is 3.97. The van der Waals surface area contributed by atoms with Gasteiger partial charge in [0.05, 0.1) is 6.42 Å². The Balaban J connectivity index is 1.38. The molecule has 156 valence electrons. The molecule has 0 unspecified atom stereocenters. The number of piperazine rings is 1. The summed E-state index contributed by atoms with van der Waals surface area (Å²) in [5.41, 5.74) is 4.12. The first-order valence-electron chi connectivity index (χ1n) is 9.87. The Morgan fingerprint density at radius 1 is 1.17 bits per heavy atom. The van der Waals surface area contributed by atoms with Crippen LogP contribution in [0.1, 0.15) is 18.1 Å². The average molecular weight is 427 g/mol. The summed E-state index contributed by atoms with van der Waals surface area (Å²) in [5.74, 6) is -1.30. The van der Waals surface area contributed by atoms with Crippen LogP contribution in [0, 0.1) is 6.92 Å². The van der Waals surface area contributed by atoms with Gasteiger partial charge in [0.1, 0.15) is 0 Å². The number of hydrogen-bond donors (Lipinski definition) is 2. The van der Waals surface area contributed by atoms with Gasteiger partial charge in [0.2, 0.25) is 5.91 Å². The normalized spacial score (nSPS) is 18.1. The average Bonchev–Trinajstić information content (AvgIpc) is 3.08. The number of carbonyl (C=O) groups excluding carboxylic acids is 3. The van der Waals surface area contributed by atoms with Gasteiger partial charge in [-0.05, 0) is 61.4 Å². The monoisotopic (exact) mass is 426 g/mol. The topological polar surface area (TPSA) is 81.8 Å². The molecule has 2 aliphatic rings. The van der Waals surface area contributed by atoms with E-state index in [4.69, 9.17) is 11.6 Å². The number of amides is 3. The van der Waals surface area contributed by atoms with Crippen molar-refractivity contribution in [3.63, 3.8) is 0 Å². The predicted molar refractivity (Wildman–Crippen MR) is 117 cm³/mol. The molecule has 1 saturated heterocycles. The predicted octanol–water partition coefficient (Wildman–Crippen LogP) is 2.82. The van der Waals surface area contributed by atoms with Crippen molar-refractivity contribution in [2.45, 2.75) is 26.3 Å². The Labute approximate surface area is 180 Å². The summed E-state index contributed by atoms with van der Waals surface area (Å²) in [5, 5.41) is 6.13. The lowest BCUT2D eigenvalue weighted by molar-refractivity contribution is -0.143. The molecular weight excluding hydrogens is 404 g/mol. The highest BCUT2D eigenvalue weighted by molar-refractivity contribution is 6.39. The standard InChI is InChI=1S/C22H23ClN4O3/c1-13-9-17(4-5-18(13)23)27-8-7-26(12-14(27)2)22(30)21(29)24-16-3-6-19-15(10-16)11-20(28)25-19/h3-6,9-10,14H,7-8,11-12H2,1-2H3,(H,24,29)(H,25,28)/t14-/m1/s1. The number of halogens is 1. The molecule has 0 aliphatic carbocycles. The lowest BCUT2D eigenvalue weighted by atomic mass is 10.1. The fraction of sp³-hybridized carbons (Fsp3) is 0.318. The van der Waals surface area contributed by atoms with Crippen molar-refractivity contribution in [3.8, 4) is 0 Å². The Morgan fingerprint density at radius 3 is 2.70 bits per heavy atom. The van der Waals surface area contributed by atoms with E-state index in [9.17, 15) is 14.4 Å². The third-order valence-corrected chi connectivity index (χ3v) is 5.99. The lowest BCUT2D eigenvalue weighted by Crippen LogP contribution is -2.55. The Bertz CT molecular complexity index is 1040. The van der Waals surface area contributed by atoms with Crippen LogP contribution in [0.25, 0.3) is 0 Å². The molecule has 3 amide bonds. The molecule has 2 aliphatic heterocycles. The highest BCUT2D eigenvalue weighted by Crippen LogP contribution is 2.27. The van der Waals surface area contributed by atoms with E-state index in [2.05, 4.69) is 15.5 Å². The second kappa shape index (κ2) is 7.99. The third-order valence-electron chi connectivity index (χ3n) is 5.57. The molecule has 2 aromatic carbocycles. The van der Waals surface area contributed by atoms with E-state index in [-0.39, 0.29) is 18.4 Å². The van der Waals surface area contributed by atoms with Crippen LogP contribution in [-0.4, -0.2) is 48.3 Å². The van der Waals surface area contributed by atoms with Crippen molar-refractivity contribution in [2.75, 3.05) is 35.2 Å². The van der Waals surface area contributed by atoms with Crippen LogP contribution >= 0.6 is 11.6 Å². The van der Waals surface area contributed by atoms with Crippen molar-refractivity contribution >= 4 is 46.4 Å². The zero-order valence-corrected chi connectivity index (χ0v) is 17.6. The Hall–Kier alpha value is -3.06. The molecular formula is C22H23ClN4O3. The van der Waals surface area contributed by atoms with E-state index in [0.29, 0.717) is 25.3 Å². The van der Waals surface area contributed by atoms with Crippen LogP contribution in [0.3, 0.4) is 0 Å². The largest absolute Gasteiger partial charge is 0.365 e. The van der Waals surface area contributed by atoms with Crippen LogP contribution < -0.4 is 15.5 Å². The Morgan fingerprint density at radius 2 is 1.97 bits per heavy atom. The van der Waals surface area contributed by atoms with Crippen LogP contribution in [0.5, 0.6) is 0 Å². The molecule has 0 spiro atoms. The number of carbonyl (C=O) groups is 3. The number of aryl methyl sites for hydroxylation is 1. The second-order valence-corrected chi connectivity index (χ2v) is 8.19. The summed E-state index contributed by atoms with van der Waals surface area (Å²) in [7, 11) is 0. The lowest BCUT2D eigenvalue weighted by Gasteiger charge is -2.41. The number of hydrogen-bond acceptors (Lipinski definition) is 4. The number of nitrogens with one attached hydrogen (secondary N) is 2. The van der Waals surface area contributed by atoms with Crippen molar-refractivity contribution < 1.29 is 14.4 Å². The van der Waals surface area contributed by atoms with Crippen molar-refractivity contribution in [2.24, 2.45) is 0 Å². The van der Waals surface area contributed by atoms with Gasteiger partial charge in [0.25, 0.3) is 0 Å². The molecule has 0 saturated carbocycles. The number of benzene rings is 2. The second-order valence-electron chi connectivity index (χ2n) is 7.78. The molecule has 0 aromatic heterocycles. The molecule has 2 aromatic rings. The molecule has 7 nitrogen and oxygen atoms in total. The molecule has 2 N–H and O–H groups in total. The van der Waals surface area contributed by atoms with Gasteiger partial charge in [-0.2, -0.15) is 0 Å². The summed E-state index contributed by atoms with van der Waals surface area (Å²) in [6.07, 6.45) is 0.274. The number of fused-ring (bicyclic) bond motifs is 1. The van der Waals surface area contributed by atoms with Crippen LogP contribution in [0.2, 0.25) is 5.02 Å². The van der Waals surface area contributed by atoms with Gasteiger partial charge in [-0.1, -0.05) is 11.6 Å². The minimum absolute atomic E-state index is 0.0631. The minimum atomic E-state index is -0.671. The molecule has 2 heterocycles. The molecule has 0 bridgehead atoms. The highest BCUT2D eigenvalue weighted by Gasteiger charge is 2.30. The fourth-order valence-corrected chi connectivity index (χ4v) is 4.09. The first-order chi connectivity index (χ1) is 14.3. The van der Waals surface area contributed by atoms with E-state index < -0.39 is 11.8 Å². The van der Waals surface area contributed by atoms with Crippen molar-refractivity contribution in [1.82, 2.24) is 4.90 Å². The Kier molecular flexibility index (Phi) is 5.39. The quantitative estimate of drug-likeness (QED) is 0.723. The first kappa shape index (κ1) is 20.2. The van der Waals surface area contributed by atoms with Gasteiger partial charge >= 0.3 is 11.8 Å². The summed E-state index contributed by atoms with van der Waals surface area (Å²) < 4.78 is 0. The van der Waals surface area contributed by atoms with Crippen LogP contribution in [0.15, 0.2) is 36.4 Å². The molecule has 8 heteroatoms. The number of nitrogens with zero attached hydrogens (tertiary/aromatic N) is 2. The summed E-state index contributed by atoms with van der Waals surface area (Å²) in [6, 6.07) is 11.1. The molecule has 30 heavy (non-hydrogen) atoms. The highest BCUT2D eigenvalue weighted by atomic mass is 35.5. The van der Waals surface area contributed by atoms with Crippen molar-refractivity contribution in [1.29, 1.82) is 0 Å². The maximum atomic E-state index is 12.7. The molecule has 1 atom stereocenters. The van der Waals surface area contributed by atoms with E-state index in [1.54, 1.807) is 23.1 Å². The zero-order chi connectivity index (χ0) is 21.4. The SMILES string of the molecule is Cc1cc(N2CCN(C(=O)C(=O)Nc3ccc4c(c3)CC(=O)N4)C[C@H]2C)ccc1Cl. The van der Waals surface area contributed by atoms with E-state index in [0.717, 1.165) is 27.5 Å². The third kappa shape index (κ3) is 3.98.